The average Bonchev–Trinajstić information content (AvgIpc) is 2.47. The van der Waals surface area contributed by atoms with Crippen LogP contribution >= 0.6 is 0 Å². The molecule has 1 fully saturated rings. The molecule has 1 heterocycles. The summed E-state index contributed by atoms with van der Waals surface area (Å²) in [6, 6.07) is 6.15. The first-order valence-electron chi connectivity index (χ1n) is 7.06. The zero-order valence-corrected chi connectivity index (χ0v) is 11.8. The molecule has 1 aliphatic heterocycles. The van der Waals surface area contributed by atoms with Gasteiger partial charge in [-0.15, -0.1) is 0 Å². The summed E-state index contributed by atoms with van der Waals surface area (Å²) < 4.78 is 0. The topological polar surface area (TPSA) is 102 Å². The molecule has 1 unspecified atom stereocenters. The number of carbonyl (C=O) groups is 1. The predicted octanol–water partition coefficient (Wildman–Crippen LogP) is 1.20. The van der Waals surface area contributed by atoms with E-state index < -0.39 is 4.92 Å². The maximum absolute atomic E-state index is 12.0. The van der Waals surface area contributed by atoms with Crippen molar-refractivity contribution in [2.75, 3.05) is 31.5 Å². The molecule has 0 bridgehead atoms. The molecule has 0 saturated carbocycles. The second-order valence-electron chi connectivity index (χ2n) is 5.30. The van der Waals surface area contributed by atoms with E-state index in [9.17, 15) is 14.9 Å². The largest absolute Gasteiger partial charge is 0.330 e. The number of nitrogens with one attached hydrogen (secondary N) is 1. The fourth-order valence-electron chi connectivity index (χ4n) is 2.62. The number of benzene rings is 1. The van der Waals surface area contributed by atoms with Crippen LogP contribution in [0.2, 0.25) is 0 Å². The summed E-state index contributed by atoms with van der Waals surface area (Å²) >= 11 is 0. The van der Waals surface area contributed by atoms with Crippen LogP contribution in [0.15, 0.2) is 24.3 Å². The highest BCUT2D eigenvalue weighted by molar-refractivity contribution is 5.94. The maximum Gasteiger partial charge on any atom is 0.292 e. The molecule has 1 aromatic carbocycles. The van der Waals surface area contributed by atoms with Gasteiger partial charge in [0.15, 0.2) is 0 Å². The summed E-state index contributed by atoms with van der Waals surface area (Å²) in [5.74, 6) is 0.194. The molecule has 7 nitrogen and oxygen atoms in total. The lowest BCUT2D eigenvalue weighted by Gasteiger charge is -2.31. The smallest absolute Gasteiger partial charge is 0.292 e. The number of anilines is 1. The highest BCUT2D eigenvalue weighted by Crippen LogP contribution is 2.23. The van der Waals surface area contributed by atoms with E-state index in [-0.39, 0.29) is 23.8 Å². The average molecular weight is 292 g/mol. The Morgan fingerprint density at radius 1 is 1.48 bits per heavy atom. The van der Waals surface area contributed by atoms with E-state index in [0.29, 0.717) is 12.5 Å². The molecule has 0 radical (unpaired) electrons. The number of rotatable bonds is 5. The SMILES string of the molecule is NCC1CCCN(CC(=O)Nc2ccccc2[N+](=O)[O-])C1. The quantitative estimate of drug-likeness (QED) is 0.627. The van der Waals surface area contributed by atoms with E-state index in [1.807, 2.05) is 4.90 Å². The predicted molar refractivity (Wildman–Crippen MR) is 79.9 cm³/mol. The van der Waals surface area contributed by atoms with Crippen LogP contribution in [0.4, 0.5) is 11.4 Å². The summed E-state index contributed by atoms with van der Waals surface area (Å²) in [6.07, 6.45) is 2.12. The molecule has 1 amide bonds. The third-order valence-corrected chi connectivity index (χ3v) is 3.68. The van der Waals surface area contributed by atoms with Crippen molar-refractivity contribution in [2.24, 2.45) is 11.7 Å². The molecule has 114 valence electrons. The van der Waals surface area contributed by atoms with Gasteiger partial charge in [0.25, 0.3) is 5.69 Å². The van der Waals surface area contributed by atoms with Gasteiger partial charge in [0.1, 0.15) is 5.69 Å². The van der Waals surface area contributed by atoms with E-state index in [4.69, 9.17) is 5.73 Å². The summed E-state index contributed by atoms with van der Waals surface area (Å²) in [7, 11) is 0. The lowest BCUT2D eigenvalue weighted by atomic mass is 9.98. The molecular weight excluding hydrogens is 272 g/mol. The van der Waals surface area contributed by atoms with Gasteiger partial charge in [-0.05, 0) is 37.9 Å². The maximum atomic E-state index is 12.0. The van der Waals surface area contributed by atoms with Crippen molar-refractivity contribution >= 4 is 17.3 Å². The second-order valence-corrected chi connectivity index (χ2v) is 5.30. The zero-order valence-electron chi connectivity index (χ0n) is 11.8. The van der Waals surface area contributed by atoms with Crippen molar-refractivity contribution in [1.29, 1.82) is 0 Å². The Balaban J connectivity index is 1.94. The van der Waals surface area contributed by atoms with E-state index in [1.165, 1.54) is 12.1 Å². The number of nitro groups is 1. The Kier molecular flexibility index (Phi) is 5.24. The number of piperidine rings is 1. The first-order valence-corrected chi connectivity index (χ1v) is 7.06. The lowest BCUT2D eigenvalue weighted by Crippen LogP contribution is -2.42. The standard InChI is InChI=1S/C14H20N4O3/c15-8-11-4-3-7-17(9-11)10-14(19)16-12-5-1-2-6-13(12)18(20)21/h1-2,5-6,11H,3-4,7-10,15H2,(H,16,19). The minimum Gasteiger partial charge on any atom is -0.330 e. The highest BCUT2D eigenvalue weighted by Gasteiger charge is 2.21. The number of hydrogen-bond acceptors (Lipinski definition) is 5. The van der Waals surface area contributed by atoms with E-state index in [1.54, 1.807) is 12.1 Å². The van der Waals surface area contributed by atoms with Gasteiger partial charge < -0.3 is 11.1 Å². The van der Waals surface area contributed by atoms with Gasteiger partial charge in [-0.3, -0.25) is 19.8 Å². The number of nitrogens with two attached hydrogens (primary N) is 1. The van der Waals surface area contributed by atoms with Gasteiger partial charge in [0.05, 0.1) is 11.5 Å². The van der Waals surface area contributed by atoms with Crippen molar-refractivity contribution in [3.63, 3.8) is 0 Å². The Labute approximate surface area is 123 Å². The second kappa shape index (κ2) is 7.14. The molecule has 21 heavy (non-hydrogen) atoms. The van der Waals surface area contributed by atoms with Gasteiger partial charge in [-0.1, -0.05) is 12.1 Å². The van der Waals surface area contributed by atoms with Crippen LogP contribution in [0.5, 0.6) is 0 Å². The summed E-state index contributed by atoms with van der Waals surface area (Å²) in [6.45, 7) is 2.53. The molecule has 1 atom stereocenters. The Hall–Kier alpha value is -1.99. The molecule has 0 spiro atoms. The van der Waals surface area contributed by atoms with E-state index in [2.05, 4.69) is 5.32 Å². The summed E-state index contributed by atoms with van der Waals surface area (Å²) in [4.78, 5) is 24.5. The number of amides is 1. The number of nitrogens with zero attached hydrogens (tertiary/aromatic N) is 2. The zero-order chi connectivity index (χ0) is 15.2. The molecule has 1 aliphatic rings. The van der Waals surface area contributed by atoms with Crippen LogP contribution < -0.4 is 11.1 Å². The molecular formula is C14H20N4O3. The molecule has 0 aliphatic carbocycles. The summed E-state index contributed by atoms with van der Waals surface area (Å²) in [5, 5.41) is 13.5. The summed E-state index contributed by atoms with van der Waals surface area (Å²) in [5.41, 5.74) is 5.81. The normalized spacial score (nSPS) is 19.2. The monoisotopic (exact) mass is 292 g/mol. The molecule has 7 heteroatoms. The first kappa shape index (κ1) is 15.4. The lowest BCUT2D eigenvalue weighted by molar-refractivity contribution is -0.383. The van der Waals surface area contributed by atoms with Gasteiger partial charge in [-0.25, -0.2) is 0 Å². The van der Waals surface area contributed by atoms with Crippen molar-refractivity contribution < 1.29 is 9.72 Å². The fourth-order valence-corrected chi connectivity index (χ4v) is 2.62. The van der Waals surface area contributed by atoms with Crippen LogP contribution in [-0.2, 0) is 4.79 Å². The molecule has 0 aromatic heterocycles. The third kappa shape index (κ3) is 4.24. The van der Waals surface area contributed by atoms with Gasteiger partial charge >= 0.3 is 0 Å². The van der Waals surface area contributed by atoms with Crippen molar-refractivity contribution in [3.8, 4) is 0 Å². The molecule has 3 N–H and O–H groups in total. The Morgan fingerprint density at radius 3 is 2.95 bits per heavy atom. The van der Waals surface area contributed by atoms with Crippen molar-refractivity contribution in [3.05, 3.63) is 34.4 Å². The van der Waals surface area contributed by atoms with Crippen LogP contribution in [0.3, 0.4) is 0 Å². The van der Waals surface area contributed by atoms with E-state index >= 15 is 0 Å². The number of nitro benzene ring substituents is 1. The van der Waals surface area contributed by atoms with Gasteiger partial charge in [-0.2, -0.15) is 0 Å². The molecule has 1 aromatic rings. The van der Waals surface area contributed by atoms with Crippen molar-refractivity contribution in [2.45, 2.75) is 12.8 Å². The first-order chi connectivity index (χ1) is 10.1. The Bertz CT molecular complexity index is 521. The van der Waals surface area contributed by atoms with Crippen LogP contribution in [-0.4, -0.2) is 41.9 Å². The highest BCUT2D eigenvalue weighted by atomic mass is 16.6. The number of carbonyl (C=O) groups excluding carboxylic acids is 1. The van der Waals surface area contributed by atoms with Crippen LogP contribution in [0.25, 0.3) is 0 Å². The molecule has 1 saturated heterocycles. The number of likely N-dealkylation sites (tertiary alicyclic amines) is 1. The van der Waals surface area contributed by atoms with E-state index in [0.717, 1.165) is 25.9 Å². The number of hydrogen-bond donors (Lipinski definition) is 2. The van der Waals surface area contributed by atoms with Gasteiger partial charge in [0, 0.05) is 12.6 Å². The van der Waals surface area contributed by atoms with Crippen LogP contribution in [0, 0.1) is 16.0 Å². The minimum absolute atomic E-state index is 0.0932. The van der Waals surface area contributed by atoms with Crippen molar-refractivity contribution in [1.82, 2.24) is 4.90 Å². The Morgan fingerprint density at radius 2 is 2.24 bits per heavy atom. The van der Waals surface area contributed by atoms with Gasteiger partial charge in [0.2, 0.25) is 5.91 Å². The molecule has 2 rings (SSSR count). The minimum atomic E-state index is -0.499. The third-order valence-electron chi connectivity index (χ3n) is 3.68. The number of para-hydroxylation sites is 2. The van der Waals surface area contributed by atoms with Crippen LogP contribution in [0.1, 0.15) is 12.8 Å². The fraction of sp³-hybridized carbons (Fsp3) is 0.500.